The molecule has 2 aromatic rings. The van der Waals surface area contributed by atoms with Crippen LogP contribution < -0.4 is 10.9 Å². The van der Waals surface area contributed by atoms with Crippen LogP contribution in [0.25, 0.3) is 11.4 Å². The van der Waals surface area contributed by atoms with Gasteiger partial charge in [-0.2, -0.15) is 10.1 Å². The number of aryl methyl sites for hydroxylation is 1. The third kappa shape index (κ3) is 2.87. The van der Waals surface area contributed by atoms with Crippen molar-refractivity contribution >= 4 is 5.69 Å². The molecule has 1 N–H and O–H groups in total. The Balaban J connectivity index is 2.05. The molecule has 0 aliphatic carbocycles. The Morgan fingerprint density at radius 1 is 1.22 bits per heavy atom. The fraction of sp³-hybridized carbons (Fsp3) is 0.500. The molecular formula is C18H24N4O. The van der Waals surface area contributed by atoms with Crippen molar-refractivity contribution in [1.29, 1.82) is 0 Å². The first kappa shape index (κ1) is 15.7. The van der Waals surface area contributed by atoms with Gasteiger partial charge in [-0.25, -0.2) is 4.68 Å². The highest BCUT2D eigenvalue weighted by Gasteiger charge is 2.35. The van der Waals surface area contributed by atoms with E-state index in [2.05, 4.69) is 29.2 Å². The van der Waals surface area contributed by atoms with Gasteiger partial charge in [-0.1, -0.05) is 38.3 Å². The maximum Gasteiger partial charge on any atom is 0.294 e. The van der Waals surface area contributed by atoms with Gasteiger partial charge < -0.3 is 5.32 Å². The van der Waals surface area contributed by atoms with Crippen LogP contribution >= 0.6 is 0 Å². The predicted octanol–water partition coefficient (Wildman–Crippen LogP) is 3.68. The van der Waals surface area contributed by atoms with Gasteiger partial charge in [0.05, 0.1) is 0 Å². The van der Waals surface area contributed by atoms with Gasteiger partial charge in [0.25, 0.3) is 5.56 Å². The smallest absolute Gasteiger partial charge is 0.294 e. The van der Waals surface area contributed by atoms with Crippen LogP contribution in [0, 0.1) is 6.92 Å². The van der Waals surface area contributed by atoms with Crippen molar-refractivity contribution < 1.29 is 0 Å². The molecule has 1 aliphatic heterocycles. The Morgan fingerprint density at radius 2 is 2.00 bits per heavy atom. The van der Waals surface area contributed by atoms with Crippen LogP contribution in [0.5, 0.6) is 0 Å². The summed E-state index contributed by atoms with van der Waals surface area (Å²) >= 11 is 0. The van der Waals surface area contributed by atoms with E-state index < -0.39 is 0 Å². The second kappa shape index (κ2) is 6.14. The van der Waals surface area contributed by atoms with E-state index in [4.69, 9.17) is 0 Å². The molecule has 0 radical (unpaired) electrons. The van der Waals surface area contributed by atoms with E-state index >= 15 is 0 Å². The second-order valence-electron chi connectivity index (χ2n) is 6.49. The number of rotatable bonds is 5. The summed E-state index contributed by atoms with van der Waals surface area (Å²) in [4.78, 5) is 16.3. The summed E-state index contributed by atoms with van der Waals surface area (Å²) in [7, 11) is 0. The highest BCUT2D eigenvalue weighted by molar-refractivity contribution is 5.76. The number of hydrogen-bond acceptors (Lipinski definition) is 4. The number of anilines is 1. The van der Waals surface area contributed by atoms with Crippen LogP contribution in [0.1, 0.15) is 51.6 Å². The standard InChI is InChI=1S/C18H24N4O/c1-4-5-6-9-12-18(3)20-15-11-8-7-10-14(15)16-19-17(23)13(2)21-22(16)18/h7-8,10-11,20H,4-6,9,12H2,1-3H3. The molecule has 0 spiro atoms. The third-order valence-electron chi connectivity index (χ3n) is 4.52. The van der Waals surface area contributed by atoms with E-state index in [1.165, 1.54) is 19.3 Å². The molecule has 1 aromatic heterocycles. The van der Waals surface area contributed by atoms with Gasteiger partial charge in [0.15, 0.2) is 5.82 Å². The number of hydrogen-bond donors (Lipinski definition) is 1. The SMILES string of the molecule is CCCCCCC1(C)Nc2ccccc2-c2nc(=O)c(C)nn21. The zero-order valence-corrected chi connectivity index (χ0v) is 14.1. The van der Waals surface area contributed by atoms with Crippen molar-refractivity contribution in [3.63, 3.8) is 0 Å². The van der Waals surface area contributed by atoms with E-state index in [-0.39, 0.29) is 11.2 Å². The van der Waals surface area contributed by atoms with Gasteiger partial charge in [-0.05, 0) is 38.8 Å². The molecule has 1 atom stereocenters. The topological polar surface area (TPSA) is 59.8 Å². The molecule has 0 saturated carbocycles. The molecule has 0 fully saturated rings. The van der Waals surface area contributed by atoms with E-state index in [9.17, 15) is 4.79 Å². The molecule has 1 aromatic carbocycles. The highest BCUT2D eigenvalue weighted by atomic mass is 16.1. The molecule has 5 heteroatoms. The fourth-order valence-electron chi connectivity index (χ4n) is 3.18. The Labute approximate surface area is 136 Å². The van der Waals surface area contributed by atoms with Gasteiger partial charge in [-0.15, -0.1) is 0 Å². The molecule has 2 heterocycles. The number of aromatic nitrogens is 3. The van der Waals surface area contributed by atoms with Crippen molar-refractivity contribution in [2.75, 3.05) is 5.32 Å². The van der Waals surface area contributed by atoms with Gasteiger partial charge >= 0.3 is 0 Å². The normalized spacial score (nSPS) is 18.9. The second-order valence-corrected chi connectivity index (χ2v) is 6.49. The first-order valence-electron chi connectivity index (χ1n) is 8.41. The molecule has 0 saturated heterocycles. The lowest BCUT2D eigenvalue weighted by molar-refractivity contribution is 0.286. The minimum absolute atomic E-state index is 0.249. The molecule has 122 valence electrons. The average molecular weight is 312 g/mol. The molecule has 5 nitrogen and oxygen atoms in total. The van der Waals surface area contributed by atoms with Crippen LogP contribution in [-0.4, -0.2) is 14.8 Å². The average Bonchev–Trinajstić information content (AvgIpc) is 2.54. The summed E-state index contributed by atoms with van der Waals surface area (Å²) < 4.78 is 1.90. The van der Waals surface area contributed by atoms with Gasteiger partial charge in [-0.3, -0.25) is 4.79 Å². The first-order chi connectivity index (χ1) is 11.0. The van der Waals surface area contributed by atoms with Crippen molar-refractivity contribution in [1.82, 2.24) is 14.8 Å². The van der Waals surface area contributed by atoms with E-state index in [1.807, 2.05) is 28.9 Å². The lowest BCUT2D eigenvalue weighted by Gasteiger charge is -2.39. The summed E-state index contributed by atoms with van der Waals surface area (Å²) in [5.41, 5.74) is 1.78. The summed E-state index contributed by atoms with van der Waals surface area (Å²) in [6.07, 6.45) is 5.73. The van der Waals surface area contributed by atoms with E-state index in [1.54, 1.807) is 6.92 Å². The number of fused-ring (bicyclic) bond motifs is 3. The molecule has 1 aliphatic rings. The zero-order valence-electron chi connectivity index (χ0n) is 14.1. The van der Waals surface area contributed by atoms with Crippen molar-refractivity contribution in [3.05, 3.63) is 40.3 Å². The van der Waals surface area contributed by atoms with E-state index in [0.717, 1.165) is 24.1 Å². The molecule has 1 unspecified atom stereocenters. The van der Waals surface area contributed by atoms with Crippen LogP contribution in [0.2, 0.25) is 0 Å². The number of para-hydroxylation sites is 1. The number of nitrogens with one attached hydrogen (secondary N) is 1. The van der Waals surface area contributed by atoms with Crippen LogP contribution in [-0.2, 0) is 5.66 Å². The van der Waals surface area contributed by atoms with Crippen molar-refractivity contribution in [3.8, 4) is 11.4 Å². The van der Waals surface area contributed by atoms with Gasteiger partial charge in [0.1, 0.15) is 11.4 Å². The fourth-order valence-corrected chi connectivity index (χ4v) is 3.18. The molecule has 23 heavy (non-hydrogen) atoms. The first-order valence-corrected chi connectivity index (χ1v) is 8.41. The maximum atomic E-state index is 12.0. The van der Waals surface area contributed by atoms with Crippen LogP contribution in [0.4, 0.5) is 5.69 Å². The number of unbranched alkanes of at least 4 members (excludes halogenated alkanes) is 3. The Bertz CT molecular complexity index is 768. The Hall–Kier alpha value is -2.17. The lowest BCUT2D eigenvalue weighted by Crippen LogP contribution is -2.45. The summed E-state index contributed by atoms with van der Waals surface area (Å²) in [5.74, 6) is 0.660. The monoisotopic (exact) mass is 312 g/mol. The largest absolute Gasteiger partial charge is 0.361 e. The summed E-state index contributed by atoms with van der Waals surface area (Å²) in [6.45, 7) is 6.07. The summed E-state index contributed by atoms with van der Waals surface area (Å²) in [5, 5.41) is 8.15. The minimum atomic E-state index is -0.358. The van der Waals surface area contributed by atoms with E-state index in [0.29, 0.717) is 11.5 Å². The Morgan fingerprint density at radius 3 is 2.78 bits per heavy atom. The van der Waals surface area contributed by atoms with Gasteiger partial charge in [0, 0.05) is 11.3 Å². The van der Waals surface area contributed by atoms with Crippen molar-refractivity contribution in [2.45, 2.75) is 58.5 Å². The molecule has 0 bridgehead atoms. The zero-order chi connectivity index (χ0) is 16.4. The molecule has 0 amide bonds. The van der Waals surface area contributed by atoms with Crippen LogP contribution in [0.3, 0.4) is 0 Å². The predicted molar refractivity (Wildman–Crippen MR) is 92.5 cm³/mol. The number of benzene rings is 1. The molecule has 3 rings (SSSR count). The van der Waals surface area contributed by atoms with Crippen molar-refractivity contribution in [2.24, 2.45) is 0 Å². The quantitative estimate of drug-likeness (QED) is 0.856. The third-order valence-corrected chi connectivity index (χ3v) is 4.52. The summed E-state index contributed by atoms with van der Waals surface area (Å²) in [6, 6.07) is 7.98. The lowest BCUT2D eigenvalue weighted by atomic mass is 9.98. The Kier molecular flexibility index (Phi) is 4.20. The molecular weight excluding hydrogens is 288 g/mol. The maximum absolute atomic E-state index is 12.0. The van der Waals surface area contributed by atoms with Crippen LogP contribution in [0.15, 0.2) is 29.1 Å². The number of nitrogens with zero attached hydrogens (tertiary/aromatic N) is 3. The van der Waals surface area contributed by atoms with Gasteiger partial charge in [0.2, 0.25) is 0 Å². The minimum Gasteiger partial charge on any atom is -0.361 e. The highest BCUT2D eigenvalue weighted by Crippen LogP contribution is 2.38.